The van der Waals surface area contributed by atoms with Gasteiger partial charge in [0.1, 0.15) is 0 Å². The molecule has 2 rings (SSSR count). The fourth-order valence-corrected chi connectivity index (χ4v) is 1.82. The molecule has 0 unspecified atom stereocenters. The van der Waals surface area contributed by atoms with E-state index in [-0.39, 0.29) is 5.17 Å². The van der Waals surface area contributed by atoms with Crippen LogP contribution in [-0.2, 0) is 39.0 Å². The fraction of sp³-hybridized carbons (Fsp3) is 0.417. The summed E-state index contributed by atoms with van der Waals surface area (Å²) < 4.78 is 5.31. The van der Waals surface area contributed by atoms with Crippen molar-refractivity contribution in [3.05, 3.63) is 29.6 Å². The van der Waals surface area contributed by atoms with Crippen molar-refractivity contribution in [2.45, 2.75) is 6.54 Å². The van der Waals surface area contributed by atoms with E-state index in [2.05, 4.69) is 57.9 Å². The van der Waals surface area contributed by atoms with E-state index in [9.17, 15) is 0 Å². The first kappa shape index (κ1) is 18.3. The molecule has 0 atom stereocenters. The molecule has 1 aromatic rings. The second kappa shape index (κ2) is 10.9. The van der Waals surface area contributed by atoms with Crippen molar-refractivity contribution >= 4 is 34.1 Å². The molecule has 119 valence electrons. The Kier molecular flexibility index (Phi) is 9.49. The number of halogens is 1. The topological polar surface area (TPSA) is 76.1 Å². The summed E-state index contributed by atoms with van der Waals surface area (Å²) in [5.74, 6) is 0. The van der Waals surface area contributed by atoms with Crippen LogP contribution in [0.15, 0.2) is 28.5 Å². The summed E-state index contributed by atoms with van der Waals surface area (Å²) in [7, 11) is 4.20. The molecule has 2 N–H and O–H groups in total. The van der Waals surface area contributed by atoms with E-state index in [0.717, 1.165) is 38.5 Å². The van der Waals surface area contributed by atoms with Gasteiger partial charge >= 0.3 is 25.2 Å². The van der Waals surface area contributed by atoms with Crippen molar-refractivity contribution in [3.8, 4) is 0 Å². The summed E-state index contributed by atoms with van der Waals surface area (Å²) in [5.41, 5.74) is 7.10. The van der Waals surface area contributed by atoms with Gasteiger partial charge in [0, 0.05) is 25.8 Å². The number of morpholine rings is 1. The Morgan fingerprint density at radius 3 is 2.76 bits per heavy atom. The molecule has 1 fully saturated rings. The summed E-state index contributed by atoms with van der Waals surface area (Å²) in [4.78, 5) is 6.63. The molecule has 9 heteroatoms. The monoisotopic (exact) mass is 376 g/mol. The Morgan fingerprint density at radius 1 is 1.48 bits per heavy atom. The van der Waals surface area contributed by atoms with Gasteiger partial charge < -0.3 is 23.1 Å². The van der Waals surface area contributed by atoms with Gasteiger partial charge in [0.2, 0.25) is 0 Å². The summed E-state index contributed by atoms with van der Waals surface area (Å²) >= 11 is 8.24. The van der Waals surface area contributed by atoms with Gasteiger partial charge in [-0.05, 0) is 16.8 Å². The summed E-state index contributed by atoms with van der Waals surface area (Å²) in [6.45, 7) is 4.44. The molecule has 1 saturated heterocycles. The maximum atomic E-state index is 5.31. The predicted molar refractivity (Wildman–Crippen MR) is 82.8 cm³/mol. The Labute approximate surface area is 142 Å². The number of nitrogens with zero attached hydrogens (tertiary/aromatic N) is 4. The second-order valence-electron chi connectivity index (χ2n) is 4.16. The number of amidine groups is 1. The van der Waals surface area contributed by atoms with Gasteiger partial charge in [0.25, 0.3) is 0 Å². The Hall–Kier alpha value is -0.761. The van der Waals surface area contributed by atoms with Crippen LogP contribution >= 0.6 is 10.1 Å². The van der Waals surface area contributed by atoms with E-state index < -0.39 is 0 Å². The van der Waals surface area contributed by atoms with Crippen LogP contribution in [-0.4, -0.2) is 47.6 Å². The number of hydrogen-bond acceptors (Lipinski definition) is 6. The zero-order valence-corrected chi connectivity index (χ0v) is 13.7. The normalized spacial score (nSPS) is 16.6. The van der Waals surface area contributed by atoms with E-state index >= 15 is 0 Å². The summed E-state index contributed by atoms with van der Waals surface area (Å²) in [5, 5.41) is 7.30. The molecule has 1 aromatic heterocycles. The zero-order valence-electron chi connectivity index (χ0n) is 11.2. The van der Waals surface area contributed by atoms with Crippen LogP contribution in [0.3, 0.4) is 0 Å². The van der Waals surface area contributed by atoms with Crippen molar-refractivity contribution in [1.29, 1.82) is 0 Å². The number of rotatable bonds is 4. The van der Waals surface area contributed by atoms with Crippen LogP contribution in [0, 0.1) is 0 Å². The average molecular weight is 377 g/mol. The minimum atomic E-state index is 0.0141. The van der Waals surface area contributed by atoms with Gasteiger partial charge in [-0.3, -0.25) is 9.88 Å². The first-order valence-electron chi connectivity index (χ1n) is 6.14. The molecular formula is C12H16ClCuN5OS. The summed E-state index contributed by atoms with van der Waals surface area (Å²) in [6.07, 6.45) is 3.37. The number of ether oxygens (including phenoxy) is 1. The molecule has 1 aliphatic heterocycles. The standard InChI is InChI=1S/C12H17N5OS.ClH.Cu/c13-12(19)16-15-8-11-2-1-10(7-14-11)9-17-3-5-18-6-4-17;;/h1-2,7-8H,3-6,9H2,(H3,13,16,19);1H;/q;;+2/p-2/b15-8+;;. The quantitative estimate of drug-likeness (QED) is 0.276. The van der Waals surface area contributed by atoms with Crippen LogP contribution in [0.1, 0.15) is 11.3 Å². The maximum absolute atomic E-state index is 5.31. The van der Waals surface area contributed by atoms with Crippen molar-refractivity contribution < 1.29 is 19.8 Å². The van der Waals surface area contributed by atoms with Gasteiger partial charge in [-0.2, -0.15) is 10.2 Å². The molecule has 0 aliphatic carbocycles. The van der Waals surface area contributed by atoms with E-state index in [1.165, 1.54) is 11.8 Å². The third kappa shape index (κ3) is 7.71. The molecule has 0 radical (unpaired) electrons. The van der Waals surface area contributed by atoms with Crippen molar-refractivity contribution in [1.82, 2.24) is 9.88 Å². The number of aromatic nitrogens is 1. The number of pyridine rings is 1. The summed E-state index contributed by atoms with van der Waals surface area (Å²) in [6, 6.07) is 3.93. The van der Waals surface area contributed by atoms with Crippen LogP contribution < -0.4 is 5.73 Å². The van der Waals surface area contributed by atoms with E-state index in [1.807, 2.05) is 18.3 Å². The molecule has 0 saturated carbocycles. The molecular weight excluding hydrogens is 361 g/mol. The SMILES string of the molecule is N/C([S-])=N/N=C/c1ccc(CN2CCOCC2)cn1.[Cl][Cu+]. The van der Waals surface area contributed by atoms with Crippen LogP contribution in [0.5, 0.6) is 0 Å². The van der Waals surface area contributed by atoms with Gasteiger partial charge in [0.05, 0.1) is 25.1 Å². The van der Waals surface area contributed by atoms with Crippen molar-refractivity contribution in [2.75, 3.05) is 26.3 Å². The van der Waals surface area contributed by atoms with E-state index in [0.29, 0.717) is 0 Å². The van der Waals surface area contributed by atoms with Gasteiger partial charge in [-0.1, -0.05) is 6.07 Å². The van der Waals surface area contributed by atoms with E-state index in [1.54, 1.807) is 0 Å². The minimum absolute atomic E-state index is 0.0141. The predicted octanol–water partition coefficient (Wildman–Crippen LogP) is 0.796. The van der Waals surface area contributed by atoms with E-state index in [4.69, 9.17) is 10.5 Å². The second-order valence-corrected chi connectivity index (χ2v) is 4.58. The van der Waals surface area contributed by atoms with Gasteiger partial charge in [-0.25, -0.2) is 0 Å². The first-order valence-corrected chi connectivity index (χ1v) is 7.84. The zero-order chi connectivity index (χ0) is 15.5. The number of nitrogens with two attached hydrogens (primary N) is 1. The molecule has 2 heterocycles. The van der Waals surface area contributed by atoms with Crippen LogP contribution in [0.4, 0.5) is 0 Å². The Balaban J connectivity index is 0.00000106. The first-order chi connectivity index (χ1) is 10.2. The van der Waals surface area contributed by atoms with Gasteiger partial charge in [0.15, 0.2) is 0 Å². The van der Waals surface area contributed by atoms with Gasteiger partial charge in [-0.15, -0.1) is 0 Å². The molecule has 0 amide bonds. The average Bonchev–Trinajstić information content (AvgIpc) is 2.52. The third-order valence-corrected chi connectivity index (χ3v) is 2.79. The Bertz CT molecular complexity index is 461. The number of hydrogen-bond donors (Lipinski definition) is 1. The molecule has 0 spiro atoms. The molecule has 6 nitrogen and oxygen atoms in total. The Morgan fingerprint density at radius 2 is 2.19 bits per heavy atom. The molecule has 21 heavy (non-hydrogen) atoms. The van der Waals surface area contributed by atoms with Crippen LogP contribution in [0.25, 0.3) is 0 Å². The molecule has 1 aliphatic rings. The third-order valence-electron chi connectivity index (χ3n) is 2.70. The van der Waals surface area contributed by atoms with Crippen LogP contribution in [0.2, 0.25) is 0 Å². The fourth-order valence-electron chi connectivity index (χ4n) is 1.77. The van der Waals surface area contributed by atoms with Crippen molar-refractivity contribution in [2.24, 2.45) is 15.9 Å². The molecule has 0 bridgehead atoms. The molecule has 0 aromatic carbocycles. The van der Waals surface area contributed by atoms with Crippen molar-refractivity contribution in [3.63, 3.8) is 0 Å².